The van der Waals surface area contributed by atoms with Crippen LogP contribution in [0.1, 0.15) is 0 Å². The number of thiol groups is 1. The number of H-pyrrole nitrogens is 1. The van der Waals surface area contributed by atoms with Crippen LogP contribution in [0.15, 0.2) is 17.3 Å². The van der Waals surface area contributed by atoms with Crippen LogP contribution >= 0.6 is 12.6 Å². The van der Waals surface area contributed by atoms with Gasteiger partial charge in [0.15, 0.2) is 5.65 Å². The Kier molecular flexibility index (Phi) is 1.02. The van der Waals surface area contributed by atoms with Crippen LogP contribution in [0.4, 0.5) is 4.39 Å². The smallest absolute Gasteiger partial charge is 0.247 e. The summed E-state index contributed by atoms with van der Waals surface area (Å²) in [4.78, 5) is 3.56. The van der Waals surface area contributed by atoms with Gasteiger partial charge >= 0.3 is 0 Å². The van der Waals surface area contributed by atoms with Crippen LogP contribution in [0.2, 0.25) is 0 Å². The Morgan fingerprint density at radius 3 is 3.20 bits per heavy atom. The highest BCUT2D eigenvalue weighted by molar-refractivity contribution is 7.80. The van der Waals surface area contributed by atoms with Crippen molar-refractivity contribution in [1.82, 2.24) is 14.6 Å². The van der Waals surface area contributed by atoms with E-state index in [-0.39, 0.29) is 5.03 Å². The van der Waals surface area contributed by atoms with Crippen LogP contribution in [-0.4, -0.2) is 14.6 Å². The molecule has 0 bridgehead atoms. The van der Waals surface area contributed by atoms with E-state index in [1.165, 1.54) is 4.52 Å². The minimum Gasteiger partial charge on any atom is -0.299 e. The number of aromatic amines is 1. The van der Waals surface area contributed by atoms with Gasteiger partial charge < -0.3 is 0 Å². The van der Waals surface area contributed by atoms with E-state index < -0.39 is 5.95 Å². The average molecular weight is 157 g/mol. The first-order valence-corrected chi connectivity index (χ1v) is 3.14. The first kappa shape index (κ1) is 5.79. The normalized spacial score (nSPS) is 11.0. The predicted octanol–water partition coefficient (Wildman–Crippen LogP) is 1.09. The lowest BCUT2D eigenvalue weighted by Crippen LogP contribution is -1.82. The molecule has 0 aliphatic carbocycles. The summed E-state index contributed by atoms with van der Waals surface area (Å²) >= 11 is 3.88. The van der Waals surface area contributed by atoms with Crippen molar-refractivity contribution in [3.63, 3.8) is 0 Å². The fourth-order valence-electron chi connectivity index (χ4n) is 0.827. The van der Waals surface area contributed by atoms with Crippen molar-refractivity contribution in [2.75, 3.05) is 0 Å². The molecule has 52 valence electrons. The van der Waals surface area contributed by atoms with E-state index in [9.17, 15) is 4.39 Å². The summed E-state index contributed by atoms with van der Waals surface area (Å²) in [6.07, 6.45) is 1.67. The third-order valence-electron chi connectivity index (χ3n) is 1.27. The zero-order chi connectivity index (χ0) is 7.14. The minimum atomic E-state index is -0.546. The number of fused-ring (bicyclic) bond motifs is 1. The van der Waals surface area contributed by atoms with Gasteiger partial charge in [0.2, 0.25) is 5.95 Å². The Hall–Kier alpha value is -0.970. The number of rotatable bonds is 0. The molecule has 0 unspecified atom stereocenters. The standard InChI is InChI=1S/C5H4FN3S/c6-4-5(10)9-3(8-4)1-2-7-9/h1-2,7,10H. The number of nitrogens with one attached hydrogen (secondary N) is 1. The Morgan fingerprint density at radius 1 is 1.70 bits per heavy atom. The molecular weight excluding hydrogens is 153 g/mol. The Labute approximate surface area is 61.3 Å². The molecule has 1 N–H and O–H groups in total. The number of halogens is 1. The Bertz CT molecular complexity index is 364. The van der Waals surface area contributed by atoms with Crippen LogP contribution < -0.4 is 0 Å². The van der Waals surface area contributed by atoms with E-state index >= 15 is 0 Å². The molecule has 2 heterocycles. The molecule has 2 aromatic heterocycles. The molecule has 0 amide bonds. The zero-order valence-corrected chi connectivity index (χ0v) is 5.77. The summed E-state index contributed by atoms with van der Waals surface area (Å²) in [6, 6.07) is 1.67. The molecular formula is C5H4FN3S. The van der Waals surface area contributed by atoms with Crippen LogP contribution in [0.25, 0.3) is 5.65 Å². The van der Waals surface area contributed by atoms with Gasteiger partial charge in [-0.25, -0.2) is 4.52 Å². The number of aromatic nitrogens is 3. The third-order valence-corrected chi connectivity index (χ3v) is 1.66. The maximum Gasteiger partial charge on any atom is 0.247 e. The van der Waals surface area contributed by atoms with Crippen molar-refractivity contribution in [1.29, 1.82) is 0 Å². The summed E-state index contributed by atoms with van der Waals surface area (Å²) in [6.45, 7) is 0. The Balaban J connectivity index is 2.95. The topological polar surface area (TPSA) is 33.1 Å². The summed E-state index contributed by atoms with van der Waals surface area (Å²) in [7, 11) is 0. The van der Waals surface area contributed by atoms with Crippen LogP contribution in [0.3, 0.4) is 0 Å². The van der Waals surface area contributed by atoms with Crippen molar-refractivity contribution in [2.24, 2.45) is 0 Å². The minimum absolute atomic E-state index is 0.208. The lowest BCUT2D eigenvalue weighted by atomic mass is 10.7. The van der Waals surface area contributed by atoms with Gasteiger partial charge in [0.05, 0.1) is 0 Å². The second-order valence-corrected chi connectivity index (χ2v) is 2.31. The largest absolute Gasteiger partial charge is 0.299 e. The van der Waals surface area contributed by atoms with Gasteiger partial charge in [-0.3, -0.25) is 5.10 Å². The molecule has 0 atom stereocenters. The maximum atomic E-state index is 12.5. The van der Waals surface area contributed by atoms with Crippen LogP contribution in [0.5, 0.6) is 0 Å². The zero-order valence-electron chi connectivity index (χ0n) is 4.87. The van der Waals surface area contributed by atoms with E-state index in [1.807, 2.05) is 0 Å². The molecule has 0 saturated carbocycles. The molecule has 0 saturated heterocycles. The number of hydrogen-bond acceptors (Lipinski definition) is 2. The van der Waals surface area contributed by atoms with E-state index in [1.54, 1.807) is 12.3 Å². The SMILES string of the molecule is Fc1nc2cc[nH]n2c1S. The predicted molar refractivity (Wildman–Crippen MR) is 36.8 cm³/mol. The average Bonchev–Trinajstić information content (AvgIpc) is 2.41. The van der Waals surface area contributed by atoms with E-state index in [2.05, 4.69) is 22.7 Å². The number of imidazole rings is 1. The summed E-state index contributed by atoms with van der Waals surface area (Å²) < 4.78 is 14.0. The van der Waals surface area contributed by atoms with Gasteiger partial charge in [-0.15, -0.1) is 12.6 Å². The van der Waals surface area contributed by atoms with Gasteiger partial charge in [-0.1, -0.05) is 0 Å². The van der Waals surface area contributed by atoms with E-state index in [4.69, 9.17) is 0 Å². The van der Waals surface area contributed by atoms with Crippen molar-refractivity contribution in [3.8, 4) is 0 Å². The fraction of sp³-hybridized carbons (Fsp3) is 0. The monoisotopic (exact) mass is 157 g/mol. The first-order valence-electron chi connectivity index (χ1n) is 2.69. The van der Waals surface area contributed by atoms with Crippen LogP contribution in [0, 0.1) is 5.95 Å². The summed E-state index contributed by atoms with van der Waals surface area (Å²) in [5.41, 5.74) is 0.544. The highest BCUT2D eigenvalue weighted by Gasteiger charge is 2.06. The van der Waals surface area contributed by atoms with Gasteiger partial charge in [0, 0.05) is 12.3 Å². The highest BCUT2D eigenvalue weighted by atomic mass is 32.1. The molecule has 0 spiro atoms. The molecule has 5 heteroatoms. The molecule has 0 radical (unpaired) electrons. The molecule has 0 aliphatic heterocycles. The Morgan fingerprint density at radius 2 is 2.50 bits per heavy atom. The molecule has 0 aromatic carbocycles. The van der Waals surface area contributed by atoms with Crippen molar-refractivity contribution in [3.05, 3.63) is 18.2 Å². The van der Waals surface area contributed by atoms with Crippen LogP contribution in [-0.2, 0) is 0 Å². The molecule has 2 rings (SSSR count). The molecule has 2 aromatic rings. The van der Waals surface area contributed by atoms with E-state index in [0.717, 1.165) is 0 Å². The van der Waals surface area contributed by atoms with Crippen molar-refractivity contribution >= 4 is 18.3 Å². The molecule has 3 nitrogen and oxygen atoms in total. The van der Waals surface area contributed by atoms with Gasteiger partial charge in [-0.05, 0) is 0 Å². The fourth-order valence-corrected chi connectivity index (χ4v) is 1.04. The van der Waals surface area contributed by atoms with E-state index in [0.29, 0.717) is 5.65 Å². The quantitative estimate of drug-likeness (QED) is 0.551. The molecule has 10 heavy (non-hydrogen) atoms. The van der Waals surface area contributed by atoms with Gasteiger partial charge in [0.1, 0.15) is 5.03 Å². The summed E-state index contributed by atoms with van der Waals surface area (Å²) in [5.74, 6) is -0.546. The molecule has 0 aliphatic rings. The second kappa shape index (κ2) is 1.76. The lowest BCUT2D eigenvalue weighted by Gasteiger charge is -1.83. The summed E-state index contributed by atoms with van der Waals surface area (Å²) in [5, 5.41) is 2.95. The van der Waals surface area contributed by atoms with Gasteiger partial charge in [0.25, 0.3) is 0 Å². The van der Waals surface area contributed by atoms with Gasteiger partial charge in [-0.2, -0.15) is 9.37 Å². The maximum absolute atomic E-state index is 12.5. The second-order valence-electron chi connectivity index (χ2n) is 1.88. The highest BCUT2D eigenvalue weighted by Crippen LogP contribution is 2.12. The molecule has 0 fully saturated rings. The van der Waals surface area contributed by atoms with Crippen molar-refractivity contribution in [2.45, 2.75) is 5.03 Å². The number of hydrogen-bond donors (Lipinski definition) is 2. The first-order chi connectivity index (χ1) is 4.79. The third kappa shape index (κ3) is 0.578. The van der Waals surface area contributed by atoms with Crippen molar-refractivity contribution < 1.29 is 4.39 Å². The lowest BCUT2D eigenvalue weighted by molar-refractivity contribution is 0.558. The number of nitrogens with zero attached hydrogens (tertiary/aromatic N) is 2.